The summed E-state index contributed by atoms with van der Waals surface area (Å²) in [7, 11) is 0. The van der Waals surface area contributed by atoms with E-state index in [1.807, 2.05) is 16.8 Å². The number of hydrogen-bond acceptors (Lipinski definition) is 3. The Morgan fingerprint density at radius 3 is 3.00 bits per heavy atom. The monoisotopic (exact) mass is 239 g/mol. The molecule has 0 bridgehead atoms. The Morgan fingerprint density at radius 2 is 2.44 bits per heavy atom. The van der Waals surface area contributed by atoms with Gasteiger partial charge in [0.25, 0.3) is 0 Å². The molecule has 2 N–H and O–H groups in total. The molecule has 16 heavy (non-hydrogen) atoms. The van der Waals surface area contributed by atoms with Crippen LogP contribution in [0.2, 0.25) is 0 Å². The van der Waals surface area contributed by atoms with Gasteiger partial charge in [0.05, 0.1) is 12.0 Å². The van der Waals surface area contributed by atoms with Gasteiger partial charge >= 0.3 is 0 Å². The van der Waals surface area contributed by atoms with E-state index in [1.165, 1.54) is 0 Å². The molecule has 1 unspecified atom stereocenters. The lowest BCUT2D eigenvalue weighted by Gasteiger charge is -2.23. The van der Waals surface area contributed by atoms with Crippen LogP contribution in [0, 0.1) is 5.92 Å². The summed E-state index contributed by atoms with van der Waals surface area (Å²) >= 11 is 1.59. The van der Waals surface area contributed by atoms with Gasteiger partial charge in [-0.3, -0.25) is 4.79 Å². The minimum Gasteiger partial charge on any atom is -0.388 e. The van der Waals surface area contributed by atoms with E-state index in [-0.39, 0.29) is 5.91 Å². The molecule has 0 radical (unpaired) electrons. The van der Waals surface area contributed by atoms with Gasteiger partial charge in [-0.25, -0.2) is 0 Å². The van der Waals surface area contributed by atoms with Crippen LogP contribution in [-0.2, 0) is 11.2 Å². The van der Waals surface area contributed by atoms with E-state index in [1.54, 1.807) is 18.3 Å². The van der Waals surface area contributed by atoms with Crippen molar-refractivity contribution in [3.63, 3.8) is 0 Å². The van der Waals surface area contributed by atoms with Crippen molar-refractivity contribution in [1.82, 2.24) is 5.32 Å². The van der Waals surface area contributed by atoms with Gasteiger partial charge in [0, 0.05) is 6.54 Å². The molecule has 0 aliphatic heterocycles. The van der Waals surface area contributed by atoms with Gasteiger partial charge in [0.15, 0.2) is 0 Å². The summed E-state index contributed by atoms with van der Waals surface area (Å²) in [5.74, 6) is 0.355. The summed E-state index contributed by atoms with van der Waals surface area (Å²) in [5, 5.41) is 16.7. The zero-order valence-corrected chi connectivity index (χ0v) is 10.2. The summed E-state index contributed by atoms with van der Waals surface area (Å²) in [6.45, 7) is 2.16. The third-order valence-corrected chi connectivity index (χ3v) is 3.78. The predicted octanol–water partition coefficient (Wildman–Crippen LogP) is 1.57. The van der Waals surface area contributed by atoms with Crippen LogP contribution in [0.1, 0.15) is 25.3 Å². The smallest absolute Gasteiger partial charge is 0.224 e. The molecule has 1 aliphatic rings. The second-order valence-corrected chi connectivity index (χ2v) is 5.50. The summed E-state index contributed by atoms with van der Waals surface area (Å²) < 4.78 is 0. The summed E-state index contributed by atoms with van der Waals surface area (Å²) in [5.41, 5.74) is 0.304. The van der Waals surface area contributed by atoms with Crippen molar-refractivity contribution in [2.45, 2.75) is 31.8 Å². The van der Waals surface area contributed by atoms with Crippen LogP contribution in [-0.4, -0.2) is 23.2 Å². The Hall–Kier alpha value is -0.870. The molecule has 2 rings (SSSR count). The first-order chi connectivity index (χ1) is 7.58. The lowest BCUT2D eigenvalue weighted by molar-refractivity contribution is -0.121. The molecule has 1 heterocycles. The third kappa shape index (κ3) is 3.06. The average Bonchev–Trinajstić information content (AvgIpc) is 2.98. The van der Waals surface area contributed by atoms with Gasteiger partial charge < -0.3 is 10.4 Å². The first kappa shape index (κ1) is 11.6. The molecule has 0 aromatic carbocycles. The number of carbonyl (C=O) groups is 1. The highest BCUT2D eigenvalue weighted by atomic mass is 32.1. The highest BCUT2D eigenvalue weighted by Crippen LogP contribution is 2.38. The van der Waals surface area contributed by atoms with Gasteiger partial charge in [-0.2, -0.15) is 11.3 Å². The molecule has 1 fully saturated rings. The van der Waals surface area contributed by atoms with Crippen molar-refractivity contribution in [3.05, 3.63) is 22.4 Å². The number of thiophene rings is 1. The van der Waals surface area contributed by atoms with E-state index in [9.17, 15) is 9.90 Å². The fraction of sp³-hybridized carbons (Fsp3) is 0.583. The highest BCUT2D eigenvalue weighted by molar-refractivity contribution is 7.07. The van der Waals surface area contributed by atoms with Gasteiger partial charge in [-0.05, 0) is 48.1 Å². The number of amides is 1. The van der Waals surface area contributed by atoms with Crippen LogP contribution < -0.4 is 5.32 Å². The fourth-order valence-electron chi connectivity index (χ4n) is 1.77. The van der Waals surface area contributed by atoms with Crippen molar-refractivity contribution >= 4 is 17.2 Å². The van der Waals surface area contributed by atoms with E-state index >= 15 is 0 Å². The maximum absolute atomic E-state index is 11.6. The van der Waals surface area contributed by atoms with Gasteiger partial charge in [-0.15, -0.1) is 0 Å². The van der Waals surface area contributed by atoms with E-state index in [2.05, 4.69) is 5.32 Å². The van der Waals surface area contributed by atoms with Crippen LogP contribution >= 0.6 is 11.3 Å². The van der Waals surface area contributed by atoms with E-state index < -0.39 is 5.60 Å². The Morgan fingerprint density at radius 1 is 1.69 bits per heavy atom. The lowest BCUT2D eigenvalue weighted by atomic mass is 10.0. The fourth-order valence-corrected chi connectivity index (χ4v) is 2.44. The van der Waals surface area contributed by atoms with Crippen LogP contribution in [0.25, 0.3) is 0 Å². The Bertz CT molecular complexity index is 355. The number of nitrogens with one attached hydrogen (secondary N) is 1. The Kier molecular flexibility index (Phi) is 3.30. The Balaban J connectivity index is 1.75. The standard InChI is InChI=1S/C12H17NO2S/c1-12(15,10-2-3-10)8-13-11(14)6-9-4-5-16-7-9/h4-5,7,10,15H,2-3,6,8H2,1H3,(H,13,14). The molecule has 1 atom stereocenters. The quantitative estimate of drug-likeness (QED) is 0.819. The zero-order chi connectivity index (χ0) is 11.6. The van der Waals surface area contributed by atoms with Gasteiger partial charge in [-0.1, -0.05) is 0 Å². The Labute approximate surface area is 99.5 Å². The third-order valence-electron chi connectivity index (χ3n) is 3.05. The van der Waals surface area contributed by atoms with Crippen LogP contribution in [0.3, 0.4) is 0 Å². The van der Waals surface area contributed by atoms with E-state index in [0.29, 0.717) is 18.9 Å². The molecule has 1 aromatic heterocycles. The SMILES string of the molecule is CC(O)(CNC(=O)Cc1ccsc1)C1CC1. The number of hydrogen-bond donors (Lipinski definition) is 2. The van der Waals surface area contributed by atoms with Crippen LogP contribution in [0.15, 0.2) is 16.8 Å². The maximum atomic E-state index is 11.6. The second-order valence-electron chi connectivity index (χ2n) is 4.72. The van der Waals surface area contributed by atoms with Crippen molar-refractivity contribution in [3.8, 4) is 0 Å². The highest BCUT2D eigenvalue weighted by Gasteiger charge is 2.39. The summed E-state index contributed by atoms with van der Waals surface area (Å²) in [4.78, 5) is 11.6. The van der Waals surface area contributed by atoms with Crippen molar-refractivity contribution < 1.29 is 9.90 Å². The molecule has 3 nitrogen and oxygen atoms in total. The second kappa shape index (κ2) is 4.55. The molecule has 1 aliphatic carbocycles. The number of carbonyl (C=O) groups excluding carboxylic acids is 1. The molecule has 0 spiro atoms. The molecule has 88 valence electrons. The average molecular weight is 239 g/mol. The molecule has 1 saturated carbocycles. The molecular weight excluding hydrogens is 222 g/mol. The minimum absolute atomic E-state index is 0.0145. The molecule has 1 amide bonds. The topological polar surface area (TPSA) is 49.3 Å². The summed E-state index contributed by atoms with van der Waals surface area (Å²) in [6.07, 6.45) is 2.56. The van der Waals surface area contributed by atoms with Crippen molar-refractivity contribution in [2.24, 2.45) is 5.92 Å². The molecule has 1 aromatic rings. The first-order valence-electron chi connectivity index (χ1n) is 5.58. The number of aliphatic hydroxyl groups is 1. The van der Waals surface area contributed by atoms with Gasteiger partial charge in [0.1, 0.15) is 0 Å². The number of rotatable bonds is 5. The lowest BCUT2D eigenvalue weighted by Crippen LogP contribution is -2.42. The summed E-state index contributed by atoms with van der Waals surface area (Å²) in [6, 6.07) is 1.95. The first-order valence-corrected chi connectivity index (χ1v) is 6.52. The van der Waals surface area contributed by atoms with E-state index in [0.717, 1.165) is 18.4 Å². The predicted molar refractivity (Wildman–Crippen MR) is 64.4 cm³/mol. The van der Waals surface area contributed by atoms with Crippen molar-refractivity contribution in [1.29, 1.82) is 0 Å². The van der Waals surface area contributed by atoms with E-state index in [4.69, 9.17) is 0 Å². The molecule has 0 saturated heterocycles. The van der Waals surface area contributed by atoms with Crippen molar-refractivity contribution in [2.75, 3.05) is 6.54 Å². The van der Waals surface area contributed by atoms with Gasteiger partial charge in [0.2, 0.25) is 5.91 Å². The maximum Gasteiger partial charge on any atom is 0.224 e. The van der Waals surface area contributed by atoms with Crippen LogP contribution in [0.4, 0.5) is 0 Å². The van der Waals surface area contributed by atoms with Crippen LogP contribution in [0.5, 0.6) is 0 Å². The zero-order valence-electron chi connectivity index (χ0n) is 9.40. The molecule has 4 heteroatoms. The minimum atomic E-state index is -0.732. The largest absolute Gasteiger partial charge is 0.388 e. The normalized spacial score (nSPS) is 19.1. The molecular formula is C12H17NO2S.